The summed E-state index contributed by atoms with van der Waals surface area (Å²) in [4.78, 5) is 48.0. The van der Waals surface area contributed by atoms with Crippen molar-refractivity contribution in [3.05, 3.63) is 62.1 Å². The third-order valence-electron chi connectivity index (χ3n) is 6.28. The third kappa shape index (κ3) is 4.41. The van der Waals surface area contributed by atoms with Crippen molar-refractivity contribution in [2.45, 2.75) is 68.7 Å². The van der Waals surface area contributed by atoms with Crippen molar-refractivity contribution in [1.82, 2.24) is 24.4 Å². The van der Waals surface area contributed by atoms with Gasteiger partial charge in [-0.2, -0.15) is 0 Å². The van der Waals surface area contributed by atoms with E-state index < -0.39 is 21.9 Å². The van der Waals surface area contributed by atoms with E-state index in [-0.39, 0.29) is 23.0 Å². The minimum atomic E-state index is -0.498. The fraction of sp³-hybridized carbons (Fsp3) is 0.480. The number of hydrogen-bond donors (Lipinski definition) is 1. The van der Waals surface area contributed by atoms with Crippen LogP contribution in [0.5, 0.6) is 0 Å². The molecule has 8 nitrogen and oxygen atoms in total. The van der Waals surface area contributed by atoms with Gasteiger partial charge in [-0.15, -0.1) is 0 Å². The van der Waals surface area contributed by atoms with Crippen LogP contribution in [0.15, 0.2) is 38.9 Å². The molecule has 3 aromatic rings. The van der Waals surface area contributed by atoms with Gasteiger partial charge in [0.25, 0.3) is 5.56 Å². The van der Waals surface area contributed by atoms with Crippen LogP contribution in [0.1, 0.15) is 63.5 Å². The highest BCUT2D eigenvalue weighted by Crippen LogP contribution is 2.32. The molecule has 0 spiro atoms. The van der Waals surface area contributed by atoms with Gasteiger partial charge >= 0.3 is 5.69 Å². The van der Waals surface area contributed by atoms with Crippen molar-refractivity contribution in [3.8, 4) is 0 Å². The van der Waals surface area contributed by atoms with E-state index in [1.165, 1.54) is 34.5 Å². The first-order valence-corrected chi connectivity index (χ1v) is 12.4. The van der Waals surface area contributed by atoms with Crippen LogP contribution in [0.2, 0.25) is 0 Å². The molecule has 1 aliphatic carbocycles. The SMILES string of the molecule is CC(Sc1nc(C(C)(C)C)nc2c1c(=O)n(C)c(=O)n2C)C(=O)NC1CCCc2ccccc21. The standard InChI is InChI=1S/C25H31N5O3S/c1-14(20(31)26-17-13-9-11-15-10-7-8-12-16(15)17)34-21-18-19(27-23(28-21)25(2,3)4)29(5)24(33)30(6)22(18)32/h7-8,10,12,14,17H,9,11,13H2,1-6H3,(H,26,31). The molecule has 2 atom stereocenters. The van der Waals surface area contributed by atoms with Gasteiger partial charge in [0.15, 0.2) is 5.65 Å². The lowest BCUT2D eigenvalue weighted by molar-refractivity contribution is -0.121. The summed E-state index contributed by atoms with van der Waals surface area (Å²) >= 11 is 1.23. The van der Waals surface area contributed by atoms with Crippen molar-refractivity contribution < 1.29 is 4.79 Å². The number of fused-ring (bicyclic) bond motifs is 2. The predicted molar refractivity (Wildman–Crippen MR) is 134 cm³/mol. The van der Waals surface area contributed by atoms with E-state index in [9.17, 15) is 14.4 Å². The molecule has 1 amide bonds. The first kappa shape index (κ1) is 24.2. The average molecular weight is 482 g/mol. The Balaban J connectivity index is 1.70. The van der Waals surface area contributed by atoms with Gasteiger partial charge in [0.2, 0.25) is 5.91 Å². The molecule has 1 aromatic carbocycles. The molecular formula is C25H31N5O3S. The number of amides is 1. The van der Waals surface area contributed by atoms with Gasteiger partial charge in [-0.05, 0) is 37.3 Å². The van der Waals surface area contributed by atoms with Crippen LogP contribution in [-0.4, -0.2) is 30.3 Å². The largest absolute Gasteiger partial charge is 0.348 e. The molecule has 0 bridgehead atoms. The van der Waals surface area contributed by atoms with Gasteiger partial charge in [0.05, 0.1) is 11.3 Å². The Bertz CT molecular complexity index is 1390. The van der Waals surface area contributed by atoms with E-state index in [1.54, 1.807) is 7.05 Å². The molecule has 1 N–H and O–H groups in total. The fourth-order valence-corrected chi connectivity index (χ4v) is 5.21. The van der Waals surface area contributed by atoms with Crippen LogP contribution in [-0.2, 0) is 30.7 Å². The molecule has 2 aromatic heterocycles. The number of nitrogens with zero attached hydrogens (tertiary/aromatic N) is 4. The summed E-state index contributed by atoms with van der Waals surface area (Å²) in [5, 5.41) is 3.36. The quantitative estimate of drug-likeness (QED) is 0.454. The molecule has 0 radical (unpaired) electrons. The summed E-state index contributed by atoms with van der Waals surface area (Å²) in [6, 6.07) is 8.20. The number of carbonyl (C=O) groups excluding carboxylic acids is 1. The normalized spacial score (nSPS) is 16.8. The highest BCUT2D eigenvalue weighted by molar-refractivity contribution is 8.00. The predicted octanol–water partition coefficient (Wildman–Crippen LogP) is 3.00. The summed E-state index contributed by atoms with van der Waals surface area (Å²) < 4.78 is 2.41. The number of carbonyl (C=O) groups is 1. The molecule has 9 heteroatoms. The highest BCUT2D eigenvalue weighted by atomic mass is 32.2. The van der Waals surface area contributed by atoms with Crippen LogP contribution >= 0.6 is 11.8 Å². The lowest BCUT2D eigenvalue weighted by Gasteiger charge is -2.27. The second-order valence-corrected chi connectivity index (χ2v) is 11.2. The molecule has 180 valence electrons. The number of aryl methyl sites for hydroxylation is 2. The molecule has 4 rings (SSSR count). The Labute approximate surface area is 202 Å². The van der Waals surface area contributed by atoms with Crippen LogP contribution in [0.4, 0.5) is 0 Å². The number of benzene rings is 1. The summed E-state index contributed by atoms with van der Waals surface area (Å²) in [6.45, 7) is 7.72. The first-order chi connectivity index (χ1) is 16.0. The Morgan fingerprint density at radius 3 is 2.56 bits per heavy atom. The van der Waals surface area contributed by atoms with E-state index >= 15 is 0 Å². The van der Waals surface area contributed by atoms with Gasteiger partial charge in [0.1, 0.15) is 16.2 Å². The molecule has 0 aliphatic heterocycles. The second-order valence-electron chi connectivity index (χ2n) is 9.92. The minimum absolute atomic E-state index is 0.0264. The lowest BCUT2D eigenvalue weighted by Crippen LogP contribution is -2.38. The van der Waals surface area contributed by atoms with Crippen LogP contribution < -0.4 is 16.6 Å². The van der Waals surface area contributed by atoms with Gasteiger partial charge in [0, 0.05) is 19.5 Å². The van der Waals surface area contributed by atoms with Crippen molar-refractivity contribution in [3.63, 3.8) is 0 Å². The Hall–Kier alpha value is -2.94. The highest BCUT2D eigenvalue weighted by Gasteiger charge is 2.28. The lowest BCUT2D eigenvalue weighted by atomic mass is 9.88. The second kappa shape index (κ2) is 9.02. The van der Waals surface area contributed by atoms with Crippen LogP contribution in [0.25, 0.3) is 11.0 Å². The van der Waals surface area contributed by atoms with Gasteiger partial charge in [-0.25, -0.2) is 14.8 Å². The number of thioether (sulfide) groups is 1. The third-order valence-corrected chi connectivity index (χ3v) is 7.37. The van der Waals surface area contributed by atoms with E-state index in [0.29, 0.717) is 10.9 Å². The number of nitrogens with one attached hydrogen (secondary N) is 1. The van der Waals surface area contributed by atoms with Crippen molar-refractivity contribution >= 4 is 28.7 Å². The number of aromatic nitrogens is 4. The molecule has 2 heterocycles. The van der Waals surface area contributed by atoms with Gasteiger partial charge < -0.3 is 5.32 Å². The molecule has 0 saturated heterocycles. The maximum absolute atomic E-state index is 13.2. The molecule has 0 saturated carbocycles. The maximum atomic E-state index is 13.2. The zero-order valence-electron chi connectivity index (χ0n) is 20.5. The van der Waals surface area contributed by atoms with E-state index in [0.717, 1.165) is 23.8 Å². The summed E-state index contributed by atoms with van der Waals surface area (Å²) in [7, 11) is 3.03. The minimum Gasteiger partial charge on any atom is -0.348 e. The summed E-state index contributed by atoms with van der Waals surface area (Å²) in [5.41, 5.74) is 1.41. The van der Waals surface area contributed by atoms with Crippen LogP contribution in [0.3, 0.4) is 0 Å². The molecule has 0 fully saturated rings. The fourth-order valence-electron chi connectivity index (χ4n) is 4.26. The molecule has 2 unspecified atom stereocenters. The average Bonchev–Trinajstić information content (AvgIpc) is 2.80. The molecule has 34 heavy (non-hydrogen) atoms. The van der Waals surface area contributed by atoms with Crippen molar-refractivity contribution in [2.75, 3.05) is 0 Å². The number of hydrogen-bond acceptors (Lipinski definition) is 6. The van der Waals surface area contributed by atoms with Crippen molar-refractivity contribution in [1.29, 1.82) is 0 Å². The molecule has 1 aliphatic rings. The number of rotatable bonds is 4. The maximum Gasteiger partial charge on any atom is 0.332 e. The topological polar surface area (TPSA) is 98.9 Å². The first-order valence-electron chi connectivity index (χ1n) is 11.5. The van der Waals surface area contributed by atoms with Gasteiger partial charge in [-0.3, -0.25) is 18.7 Å². The zero-order chi connectivity index (χ0) is 24.8. The summed E-state index contributed by atoms with van der Waals surface area (Å²) in [6.07, 6.45) is 2.95. The molecular weight excluding hydrogens is 450 g/mol. The smallest absolute Gasteiger partial charge is 0.332 e. The van der Waals surface area contributed by atoms with Gasteiger partial charge in [-0.1, -0.05) is 56.8 Å². The van der Waals surface area contributed by atoms with Crippen molar-refractivity contribution in [2.24, 2.45) is 14.1 Å². The summed E-state index contributed by atoms with van der Waals surface area (Å²) in [5.74, 6) is 0.400. The van der Waals surface area contributed by atoms with E-state index in [1.807, 2.05) is 39.8 Å². The Morgan fingerprint density at radius 2 is 1.85 bits per heavy atom. The monoisotopic (exact) mass is 481 g/mol. The zero-order valence-corrected chi connectivity index (χ0v) is 21.3. The van der Waals surface area contributed by atoms with E-state index in [4.69, 9.17) is 4.98 Å². The van der Waals surface area contributed by atoms with Crippen LogP contribution in [0, 0.1) is 0 Å². The Morgan fingerprint density at radius 1 is 1.15 bits per heavy atom. The van der Waals surface area contributed by atoms with E-state index in [2.05, 4.69) is 22.4 Å². The Kier molecular flexibility index (Phi) is 6.42.